The Bertz CT molecular complexity index is 1550. The first-order valence-electron chi connectivity index (χ1n) is 14.2. The van der Waals surface area contributed by atoms with E-state index in [1.54, 1.807) is 24.3 Å². The molecule has 1 saturated heterocycles. The molecule has 0 aliphatic carbocycles. The van der Waals surface area contributed by atoms with Gasteiger partial charge in [0.25, 0.3) is 5.91 Å². The zero-order valence-electron chi connectivity index (χ0n) is 24.5. The van der Waals surface area contributed by atoms with Crippen LogP contribution in [0.15, 0.2) is 42.5 Å². The van der Waals surface area contributed by atoms with Gasteiger partial charge in [-0.3, -0.25) is 19.2 Å². The molecule has 3 aromatic rings. The molecule has 44 heavy (non-hydrogen) atoms. The number of rotatable bonds is 13. The van der Waals surface area contributed by atoms with Gasteiger partial charge < -0.3 is 30.4 Å². The van der Waals surface area contributed by atoms with Crippen LogP contribution in [0.3, 0.4) is 0 Å². The molecule has 4 rings (SSSR count). The predicted molar refractivity (Wildman–Crippen MR) is 155 cm³/mol. The molecule has 4 N–H and O–H groups in total. The number of aromatic amines is 1. The average molecular weight is 613 g/mol. The maximum absolute atomic E-state index is 14.0. The molecule has 2 aromatic carbocycles. The second-order valence-corrected chi connectivity index (χ2v) is 11.0. The van der Waals surface area contributed by atoms with Crippen molar-refractivity contribution in [3.8, 4) is 5.75 Å². The largest absolute Gasteiger partial charge is 0.496 e. The van der Waals surface area contributed by atoms with Crippen LogP contribution in [0.25, 0.3) is 10.9 Å². The Labute approximate surface area is 252 Å². The number of carbonyl (C=O) groups excluding carboxylic acids is 5. The number of benzene rings is 2. The predicted octanol–water partition coefficient (Wildman–Crippen LogP) is 3.04. The molecular formula is C31H34F2N4O7. The van der Waals surface area contributed by atoms with E-state index in [1.807, 2.05) is 13.8 Å². The van der Waals surface area contributed by atoms with Gasteiger partial charge in [-0.25, -0.2) is 13.6 Å². The number of halogens is 2. The van der Waals surface area contributed by atoms with E-state index in [9.17, 15) is 32.8 Å². The lowest BCUT2D eigenvalue weighted by Crippen LogP contribution is -2.53. The summed E-state index contributed by atoms with van der Waals surface area (Å²) in [6.07, 6.45) is 0.522. The van der Waals surface area contributed by atoms with Gasteiger partial charge in [0, 0.05) is 23.4 Å². The van der Waals surface area contributed by atoms with Crippen LogP contribution in [0, 0.1) is 23.5 Å². The number of amides is 3. The summed E-state index contributed by atoms with van der Waals surface area (Å²) in [5.41, 5.74) is -0.108. The highest BCUT2D eigenvalue weighted by molar-refractivity contribution is 6.02. The summed E-state index contributed by atoms with van der Waals surface area (Å²) in [5, 5.41) is 8.65. The molecule has 0 radical (unpaired) electrons. The fraction of sp³-hybridized carbons (Fsp3) is 0.387. The third kappa shape index (κ3) is 7.57. The summed E-state index contributed by atoms with van der Waals surface area (Å²) in [4.78, 5) is 67.6. The van der Waals surface area contributed by atoms with E-state index in [4.69, 9.17) is 9.47 Å². The standard InChI is InChI=1S/C31H34F2N4O7/c1-16(2)12-23(37-30(41)24-14-18-21(35-24)8-5-9-26(18)43-3)29(40)36-22(13-17-10-11-34-28(17)39)25(38)15-44-31(42)27-19(32)6-4-7-20(27)33/h4-9,14,16-17,22-23,35H,10-13,15H2,1-3H3,(H,34,39)(H,36,40)(H,37,41)/t17?,22-,23-/m1/s1. The highest BCUT2D eigenvalue weighted by Gasteiger charge is 2.34. The Morgan fingerprint density at radius 3 is 2.36 bits per heavy atom. The molecule has 2 heterocycles. The Balaban J connectivity index is 1.50. The molecule has 1 fully saturated rings. The normalized spacial score (nSPS) is 15.9. The van der Waals surface area contributed by atoms with Crippen molar-refractivity contribution in [2.24, 2.45) is 11.8 Å². The van der Waals surface area contributed by atoms with E-state index >= 15 is 0 Å². The van der Waals surface area contributed by atoms with E-state index in [1.165, 1.54) is 7.11 Å². The quantitative estimate of drug-likeness (QED) is 0.216. The highest BCUT2D eigenvalue weighted by Crippen LogP contribution is 2.26. The molecular weight excluding hydrogens is 578 g/mol. The number of nitrogens with one attached hydrogen (secondary N) is 4. The lowest BCUT2D eigenvalue weighted by atomic mass is 9.95. The smallest absolute Gasteiger partial charge is 0.344 e. The molecule has 3 atom stereocenters. The molecule has 0 saturated carbocycles. The number of Topliss-reactive ketones (excluding diaryl/α,β-unsaturated/α-hetero) is 1. The van der Waals surface area contributed by atoms with Crippen molar-refractivity contribution in [2.45, 2.75) is 45.2 Å². The molecule has 11 nitrogen and oxygen atoms in total. The van der Waals surface area contributed by atoms with E-state index in [0.29, 0.717) is 29.6 Å². The van der Waals surface area contributed by atoms with Gasteiger partial charge in [-0.15, -0.1) is 0 Å². The van der Waals surface area contributed by atoms with Crippen LogP contribution in [0.5, 0.6) is 5.75 Å². The van der Waals surface area contributed by atoms with E-state index in [-0.39, 0.29) is 30.4 Å². The maximum Gasteiger partial charge on any atom is 0.344 e. The number of carbonyl (C=O) groups is 5. The van der Waals surface area contributed by atoms with Gasteiger partial charge in [0.2, 0.25) is 11.8 Å². The molecule has 1 unspecified atom stereocenters. The van der Waals surface area contributed by atoms with E-state index < -0.39 is 65.4 Å². The Morgan fingerprint density at radius 1 is 1.02 bits per heavy atom. The van der Waals surface area contributed by atoms with Crippen molar-refractivity contribution in [2.75, 3.05) is 20.3 Å². The zero-order valence-corrected chi connectivity index (χ0v) is 24.5. The van der Waals surface area contributed by atoms with Gasteiger partial charge >= 0.3 is 5.97 Å². The summed E-state index contributed by atoms with van der Waals surface area (Å²) < 4.78 is 38.3. The molecule has 3 amide bonds. The van der Waals surface area contributed by atoms with Crippen molar-refractivity contribution in [3.05, 3.63) is 65.4 Å². The van der Waals surface area contributed by atoms with E-state index in [0.717, 1.165) is 18.2 Å². The average Bonchev–Trinajstić information content (AvgIpc) is 3.60. The molecule has 1 aliphatic heterocycles. The zero-order chi connectivity index (χ0) is 32.0. The first-order valence-corrected chi connectivity index (χ1v) is 14.2. The number of hydrogen-bond donors (Lipinski definition) is 4. The fourth-order valence-electron chi connectivity index (χ4n) is 5.07. The van der Waals surface area contributed by atoms with Gasteiger partial charge in [0.05, 0.1) is 13.2 Å². The topological polar surface area (TPSA) is 156 Å². The molecule has 234 valence electrons. The van der Waals surface area contributed by atoms with Gasteiger partial charge in [-0.05, 0) is 55.5 Å². The van der Waals surface area contributed by atoms with Crippen LogP contribution < -0.4 is 20.7 Å². The number of aromatic nitrogens is 1. The number of methoxy groups -OCH3 is 1. The number of H-pyrrole nitrogens is 1. The Hall–Kier alpha value is -4.81. The monoisotopic (exact) mass is 612 g/mol. The molecule has 13 heteroatoms. The summed E-state index contributed by atoms with van der Waals surface area (Å²) >= 11 is 0. The Morgan fingerprint density at radius 2 is 1.73 bits per heavy atom. The highest BCUT2D eigenvalue weighted by atomic mass is 19.1. The first kappa shape index (κ1) is 32.1. The number of ether oxygens (including phenoxy) is 2. The van der Waals surface area contributed by atoms with Gasteiger partial charge in [-0.2, -0.15) is 0 Å². The fourth-order valence-corrected chi connectivity index (χ4v) is 5.07. The number of esters is 1. The summed E-state index contributed by atoms with van der Waals surface area (Å²) in [6.45, 7) is 3.19. The van der Waals surface area contributed by atoms with Crippen LogP contribution in [0.1, 0.15) is 54.0 Å². The minimum absolute atomic E-state index is 0.0414. The van der Waals surface area contributed by atoms with E-state index in [2.05, 4.69) is 20.9 Å². The third-order valence-electron chi connectivity index (χ3n) is 7.32. The van der Waals surface area contributed by atoms with Gasteiger partial charge in [-0.1, -0.05) is 26.0 Å². The minimum Gasteiger partial charge on any atom is -0.496 e. The van der Waals surface area contributed by atoms with Crippen LogP contribution in [0.4, 0.5) is 8.78 Å². The summed E-state index contributed by atoms with van der Waals surface area (Å²) in [7, 11) is 1.51. The number of fused-ring (bicyclic) bond motifs is 1. The van der Waals surface area contributed by atoms with Crippen LogP contribution in [0.2, 0.25) is 0 Å². The maximum atomic E-state index is 14.0. The number of ketones is 1. The van der Waals surface area contributed by atoms with Crippen molar-refractivity contribution in [3.63, 3.8) is 0 Å². The SMILES string of the molecule is COc1cccc2[nH]c(C(=O)N[C@H](CC(C)C)C(=O)N[C@H](CC3CCNC3=O)C(=O)COC(=O)c3c(F)cccc3F)cc12. The summed E-state index contributed by atoms with van der Waals surface area (Å²) in [5.74, 6) is -6.14. The second kappa shape index (κ2) is 14.1. The lowest BCUT2D eigenvalue weighted by Gasteiger charge is -2.25. The minimum atomic E-state index is -1.39. The van der Waals surface area contributed by atoms with Gasteiger partial charge in [0.1, 0.15) is 34.7 Å². The second-order valence-electron chi connectivity index (χ2n) is 11.0. The number of hydrogen-bond acceptors (Lipinski definition) is 7. The molecule has 0 spiro atoms. The first-order chi connectivity index (χ1) is 21.0. The van der Waals surface area contributed by atoms with Crippen LogP contribution >= 0.6 is 0 Å². The van der Waals surface area contributed by atoms with Crippen molar-refractivity contribution >= 4 is 40.4 Å². The molecule has 1 aliphatic rings. The molecule has 0 bridgehead atoms. The van der Waals surface area contributed by atoms with Gasteiger partial charge in [0.15, 0.2) is 12.4 Å². The third-order valence-corrected chi connectivity index (χ3v) is 7.32. The van der Waals surface area contributed by atoms with Crippen molar-refractivity contribution in [1.82, 2.24) is 20.9 Å². The lowest BCUT2D eigenvalue weighted by molar-refractivity contribution is -0.131. The van der Waals surface area contributed by atoms with Crippen LogP contribution in [-0.2, 0) is 19.1 Å². The Kier molecular flexibility index (Phi) is 10.3. The summed E-state index contributed by atoms with van der Waals surface area (Å²) in [6, 6.07) is 7.35. The van der Waals surface area contributed by atoms with Crippen LogP contribution in [-0.4, -0.2) is 66.8 Å². The molecule has 1 aromatic heterocycles. The van der Waals surface area contributed by atoms with Crippen molar-refractivity contribution < 1.29 is 42.2 Å². The van der Waals surface area contributed by atoms with Crippen molar-refractivity contribution in [1.29, 1.82) is 0 Å².